The molecule has 11 nitrogen and oxygen atoms in total. The first-order valence-corrected chi connectivity index (χ1v) is 14.3. The maximum Gasteiger partial charge on any atom is 0.326 e. The van der Waals surface area contributed by atoms with Gasteiger partial charge in [0.15, 0.2) is 0 Å². The van der Waals surface area contributed by atoms with Gasteiger partial charge in [0.2, 0.25) is 17.7 Å². The number of phenols is 1. The number of hydrogen-bond donors (Lipinski definition) is 6. The summed E-state index contributed by atoms with van der Waals surface area (Å²) >= 11 is 0. The number of aliphatic carboxylic acids is 1. The topological polar surface area (TPSA) is 178 Å². The summed E-state index contributed by atoms with van der Waals surface area (Å²) in [6.07, 6.45) is 3.60. The van der Waals surface area contributed by atoms with E-state index in [1.807, 2.05) is 38.1 Å². The molecule has 2 heterocycles. The third kappa shape index (κ3) is 7.09. The molecular weight excluding hydrogens is 538 g/mol. The number of carboxylic acids is 1. The highest BCUT2D eigenvalue weighted by atomic mass is 16.4. The zero-order chi connectivity index (χ0) is 30.4. The summed E-state index contributed by atoms with van der Waals surface area (Å²) < 4.78 is 0. The van der Waals surface area contributed by atoms with Gasteiger partial charge in [-0.15, -0.1) is 0 Å². The van der Waals surface area contributed by atoms with E-state index in [0.717, 1.165) is 22.0 Å². The molecule has 1 aromatic heterocycles. The maximum absolute atomic E-state index is 13.8. The van der Waals surface area contributed by atoms with E-state index in [1.54, 1.807) is 18.3 Å². The van der Waals surface area contributed by atoms with E-state index in [4.69, 9.17) is 5.73 Å². The smallest absolute Gasteiger partial charge is 0.326 e. The number of aromatic nitrogens is 1. The zero-order valence-electron chi connectivity index (χ0n) is 23.9. The monoisotopic (exact) mass is 577 g/mol. The minimum atomic E-state index is -1.18. The number of carbonyl (C=O) groups excluding carboxylic acids is 3. The van der Waals surface area contributed by atoms with Crippen molar-refractivity contribution in [1.29, 1.82) is 0 Å². The van der Waals surface area contributed by atoms with Crippen LogP contribution in [0, 0.1) is 5.92 Å². The molecule has 1 saturated heterocycles. The fourth-order valence-corrected chi connectivity index (χ4v) is 5.39. The number of phenolic OH excluding ortho intramolecular Hbond substituents is 1. The number of nitrogens with zero attached hydrogens (tertiary/aromatic N) is 1. The number of nitrogens with two attached hydrogens (primary N) is 1. The number of amides is 3. The van der Waals surface area contributed by atoms with Gasteiger partial charge in [-0.05, 0) is 54.5 Å². The fourth-order valence-electron chi connectivity index (χ4n) is 5.39. The fraction of sp³-hybridized carbons (Fsp3) is 0.419. The Morgan fingerprint density at radius 3 is 2.48 bits per heavy atom. The number of aromatic amines is 1. The highest BCUT2D eigenvalue weighted by Gasteiger charge is 2.40. The van der Waals surface area contributed by atoms with Gasteiger partial charge in [-0.3, -0.25) is 14.4 Å². The lowest BCUT2D eigenvalue weighted by atomic mass is 9.96. The maximum atomic E-state index is 13.8. The average molecular weight is 578 g/mol. The van der Waals surface area contributed by atoms with E-state index in [1.165, 1.54) is 17.0 Å². The molecule has 5 unspecified atom stereocenters. The van der Waals surface area contributed by atoms with Crippen LogP contribution in [-0.2, 0) is 32.0 Å². The second-order valence-corrected chi connectivity index (χ2v) is 11.0. The van der Waals surface area contributed by atoms with Crippen LogP contribution in [0.25, 0.3) is 10.9 Å². The summed E-state index contributed by atoms with van der Waals surface area (Å²) in [6.45, 7) is 4.07. The number of nitrogens with one attached hydrogen (secondary N) is 3. The number of likely N-dealkylation sites (tertiary alicyclic amines) is 1. The molecular formula is C31H39N5O6. The van der Waals surface area contributed by atoms with Crippen LogP contribution in [0.2, 0.25) is 0 Å². The molecule has 224 valence electrons. The van der Waals surface area contributed by atoms with Gasteiger partial charge in [0.1, 0.15) is 23.9 Å². The number of carbonyl (C=O) groups is 4. The van der Waals surface area contributed by atoms with Crippen molar-refractivity contribution in [1.82, 2.24) is 20.5 Å². The number of aromatic hydroxyl groups is 1. The SMILES string of the molecule is CCC(C)C(NC(=O)C(N)Cc1ccc(O)cc1)C(=O)N1CCCC1C(=O)NC(Cc1c[nH]c2ccccc12)C(=O)O. The second-order valence-electron chi connectivity index (χ2n) is 11.0. The molecule has 0 spiro atoms. The van der Waals surface area contributed by atoms with Crippen LogP contribution >= 0.6 is 0 Å². The van der Waals surface area contributed by atoms with Gasteiger partial charge in [0, 0.05) is 30.1 Å². The van der Waals surface area contributed by atoms with Crippen LogP contribution in [0.15, 0.2) is 54.7 Å². The predicted octanol–water partition coefficient (Wildman–Crippen LogP) is 2.08. The Hall–Kier alpha value is -4.38. The Morgan fingerprint density at radius 2 is 1.79 bits per heavy atom. The number of rotatable bonds is 12. The minimum absolute atomic E-state index is 0.0796. The zero-order valence-corrected chi connectivity index (χ0v) is 23.9. The molecule has 7 N–H and O–H groups in total. The molecule has 3 aromatic rings. The van der Waals surface area contributed by atoms with Crippen LogP contribution in [0.5, 0.6) is 5.75 Å². The van der Waals surface area contributed by atoms with E-state index in [-0.39, 0.29) is 24.5 Å². The largest absolute Gasteiger partial charge is 0.508 e. The first kappa shape index (κ1) is 30.6. The second kappa shape index (κ2) is 13.5. The van der Waals surface area contributed by atoms with Crippen LogP contribution < -0.4 is 16.4 Å². The molecule has 1 aliphatic rings. The first-order valence-electron chi connectivity index (χ1n) is 14.3. The van der Waals surface area contributed by atoms with E-state index in [9.17, 15) is 29.4 Å². The quantitative estimate of drug-likeness (QED) is 0.191. The van der Waals surface area contributed by atoms with Gasteiger partial charge < -0.3 is 36.5 Å². The normalized spacial score (nSPS) is 17.8. The Morgan fingerprint density at radius 1 is 1.07 bits per heavy atom. The summed E-state index contributed by atoms with van der Waals surface area (Å²) in [5.41, 5.74) is 8.56. The van der Waals surface area contributed by atoms with Gasteiger partial charge in [0.05, 0.1) is 6.04 Å². The van der Waals surface area contributed by atoms with E-state index in [2.05, 4.69) is 15.6 Å². The first-order chi connectivity index (χ1) is 20.1. The highest BCUT2D eigenvalue weighted by Crippen LogP contribution is 2.23. The van der Waals surface area contributed by atoms with Crippen molar-refractivity contribution in [3.05, 3.63) is 65.9 Å². The lowest BCUT2D eigenvalue weighted by Crippen LogP contribution is -2.58. The molecule has 3 amide bonds. The Kier molecular flexibility index (Phi) is 9.84. The van der Waals surface area contributed by atoms with Crippen molar-refractivity contribution in [2.24, 2.45) is 11.7 Å². The lowest BCUT2D eigenvalue weighted by Gasteiger charge is -2.32. The molecule has 4 rings (SSSR count). The predicted molar refractivity (Wildman–Crippen MR) is 157 cm³/mol. The van der Waals surface area contributed by atoms with Crippen LogP contribution in [0.3, 0.4) is 0 Å². The highest BCUT2D eigenvalue weighted by molar-refractivity contribution is 5.95. The molecule has 2 aromatic carbocycles. The number of H-pyrrole nitrogens is 1. The summed E-state index contributed by atoms with van der Waals surface area (Å²) in [5.74, 6) is -2.72. The van der Waals surface area contributed by atoms with E-state index < -0.39 is 47.9 Å². The molecule has 0 saturated carbocycles. The van der Waals surface area contributed by atoms with Gasteiger partial charge in [-0.2, -0.15) is 0 Å². The Balaban J connectivity index is 1.44. The van der Waals surface area contributed by atoms with Crippen molar-refractivity contribution in [2.75, 3.05) is 6.54 Å². The summed E-state index contributed by atoms with van der Waals surface area (Å²) in [4.78, 5) is 56.9. The molecule has 1 aliphatic heterocycles. The number of fused-ring (bicyclic) bond motifs is 1. The average Bonchev–Trinajstić information content (AvgIpc) is 3.63. The Bertz CT molecular complexity index is 1420. The number of para-hydroxylation sites is 1. The third-order valence-corrected chi connectivity index (χ3v) is 8.06. The molecule has 42 heavy (non-hydrogen) atoms. The lowest BCUT2D eigenvalue weighted by molar-refractivity contribution is -0.145. The van der Waals surface area contributed by atoms with Crippen LogP contribution in [-0.4, -0.2) is 74.5 Å². The van der Waals surface area contributed by atoms with Crippen molar-refractivity contribution < 1.29 is 29.4 Å². The molecule has 5 atom stereocenters. The Labute approximate surface area is 244 Å². The molecule has 11 heteroatoms. The molecule has 1 fully saturated rings. The minimum Gasteiger partial charge on any atom is -0.508 e. The summed E-state index contributed by atoms with van der Waals surface area (Å²) in [7, 11) is 0. The molecule has 0 radical (unpaired) electrons. The van der Waals surface area contributed by atoms with Gasteiger partial charge in [-0.1, -0.05) is 50.6 Å². The van der Waals surface area contributed by atoms with Crippen molar-refractivity contribution in [3.63, 3.8) is 0 Å². The van der Waals surface area contributed by atoms with Crippen molar-refractivity contribution in [2.45, 2.75) is 70.1 Å². The summed E-state index contributed by atoms with van der Waals surface area (Å²) in [5, 5.41) is 25.7. The summed E-state index contributed by atoms with van der Waals surface area (Å²) in [6, 6.07) is 10.0. The number of hydrogen-bond acceptors (Lipinski definition) is 6. The number of carboxylic acid groups (broad SMARTS) is 1. The van der Waals surface area contributed by atoms with Crippen molar-refractivity contribution in [3.8, 4) is 5.75 Å². The molecule has 0 bridgehead atoms. The van der Waals surface area contributed by atoms with E-state index >= 15 is 0 Å². The van der Waals surface area contributed by atoms with E-state index in [0.29, 0.717) is 25.8 Å². The number of benzene rings is 2. The van der Waals surface area contributed by atoms with Crippen LogP contribution in [0.4, 0.5) is 0 Å². The van der Waals surface area contributed by atoms with Gasteiger partial charge >= 0.3 is 5.97 Å². The standard InChI is InChI=1S/C31H39N5O6/c1-3-18(2)27(35-28(38)23(32)15-19-10-12-21(37)13-11-19)30(40)36-14-6-9-26(36)29(39)34-25(31(41)42)16-20-17-33-24-8-5-4-7-22(20)24/h4-5,7-8,10-13,17-18,23,25-27,33,37H,3,6,9,14-16,32H2,1-2H3,(H,34,39)(H,35,38)(H,41,42). The molecule has 0 aliphatic carbocycles. The van der Waals surface area contributed by atoms with Crippen molar-refractivity contribution >= 4 is 34.6 Å². The van der Waals surface area contributed by atoms with Gasteiger partial charge in [0.25, 0.3) is 0 Å². The third-order valence-electron chi connectivity index (χ3n) is 8.06. The van der Waals surface area contributed by atoms with Crippen LogP contribution in [0.1, 0.15) is 44.2 Å². The van der Waals surface area contributed by atoms with Gasteiger partial charge in [-0.25, -0.2) is 4.79 Å².